The third kappa shape index (κ3) is 3.70. The summed E-state index contributed by atoms with van der Waals surface area (Å²) in [5.41, 5.74) is 0.779. The quantitative estimate of drug-likeness (QED) is 0.861. The molecule has 0 bridgehead atoms. The number of hydrogen-bond donors (Lipinski definition) is 2. The van der Waals surface area contributed by atoms with Crippen molar-refractivity contribution in [2.45, 2.75) is 18.9 Å². The second kappa shape index (κ2) is 5.35. The van der Waals surface area contributed by atoms with E-state index < -0.39 is 12.1 Å². The molecule has 0 aliphatic carbocycles. The zero-order valence-electron chi connectivity index (χ0n) is 7.78. The van der Waals surface area contributed by atoms with E-state index in [-0.39, 0.29) is 6.42 Å². The lowest BCUT2D eigenvalue weighted by atomic mass is 10.1. The lowest BCUT2D eigenvalue weighted by molar-refractivity contribution is -0.146. The molecule has 1 aromatic carbocycles. The Balaban J connectivity index is 2.62. The maximum absolute atomic E-state index is 10.4. The number of carboxylic acid groups (broad SMARTS) is 1. The second-order valence-electron chi connectivity index (χ2n) is 3.13. The number of benzene rings is 1. The number of hydrogen-bond acceptors (Lipinski definition) is 2. The van der Waals surface area contributed by atoms with E-state index in [0.717, 1.165) is 5.56 Å². The molecule has 2 N–H and O–H groups in total. The zero-order chi connectivity index (χ0) is 11.4. The summed E-state index contributed by atoms with van der Waals surface area (Å²) in [4.78, 5) is 10.4. The summed E-state index contributed by atoms with van der Waals surface area (Å²) in [6, 6.07) is 4.99. The van der Waals surface area contributed by atoms with Crippen LogP contribution in [0.3, 0.4) is 0 Å². The smallest absolute Gasteiger partial charge is 0.332 e. The summed E-state index contributed by atoms with van der Waals surface area (Å²) in [5.74, 6) is -1.22. The number of aryl methyl sites for hydroxylation is 1. The van der Waals surface area contributed by atoms with Crippen LogP contribution >= 0.6 is 23.2 Å². The van der Waals surface area contributed by atoms with Crippen LogP contribution in [0.25, 0.3) is 0 Å². The minimum Gasteiger partial charge on any atom is -0.479 e. The fourth-order valence-corrected chi connectivity index (χ4v) is 1.64. The number of aliphatic hydroxyl groups excluding tert-OH is 1. The highest BCUT2D eigenvalue weighted by Gasteiger charge is 2.13. The van der Waals surface area contributed by atoms with Crippen LogP contribution in [0.4, 0.5) is 0 Å². The molecular weight excluding hydrogens is 239 g/mol. The van der Waals surface area contributed by atoms with E-state index in [1.54, 1.807) is 18.2 Å². The Morgan fingerprint density at radius 3 is 2.60 bits per heavy atom. The van der Waals surface area contributed by atoms with Gasteiger partial charge in [-0.15, -0.1) is 0 Å². The van der Waals surface area contributed by atoms with Gasteiger partial charge in [-0.05, 0) is 30.5 Å². The molecule has 0 saturated heterocycles. The van der Waals surface area contributed by atoms with Gasteiger partial charge in [-0.3, -0.25) is 0 Å². The average Bonchev–Trinajstić information content (AvgIpc) is 2.15. The van der Waals surface area contributed by atoms with Gasteiger partial charge in [0.2, 0.25) is 0 Å². The highest BCUT2D eigenvalue weighted by Crippen LogP contribution is 2.22. The van der Waals surface area contributed by atoms with Crippen molar-refractivity contribution in [1.29, 1.82) is 0 Å². The standard InChI is InChI=1S/C10H10Cl2O3/c11-7-3-1-6(8(12)5-7)2-4-9(13)10(14)15/h1,3,5,9,13H,2,4H2,(H,14,15)/t9-/m0/s1. The van der Waals surface area contributed by atoms with E-state index in [4.69, 9.17) is 33.4 Å². The van der Waals surface area contributed by atoms with Crippen LogP contribution in [0.5, 0.6) is 0 Å². The van der Waals surface area contributed by atoms with Crippen molar-refractivity contribution in [3.63, 3.8) is 0 Å². The predicted molar refractivity (Wildman–Crippen MR) is 58.4 cm³/mol. The summed E-state index contributed by atoms with van der Waals surface area (Å²) >= 11 is 11.6. The first-order valence-electron chi connectivity index (χ1n) is 4.35. The van der Waals surface area contributed by atoms with E-state index in [0.29, 0.717) is 16.5 Å². The van der Waals surface area contributed by atoms with Crippen molar-refractivity contribution < 1.29 is 15.0 Å². The van der Waals surface area contributed by atoms with Crippen molar-refractivity contribution in [1.82, 2.24) is 0 Å². The minimum absolute atomic E-state index is 0.136. The molecule has 82 valence electrons. The van der Waals surface area contributed by atoms with Gasteiger partial charge >= 0.3 is 5.97 Å². The van der Waals surface area contributed by atoms with Crippen LogP contribution in [0, 0.1) is 0 Å². The summed E-state index contributed by atoms with van der Waals surface area (Å²) < 4.78 is 0. The SMILES string of the molecule is O=C(O)[C@@H](O)CCc1ccc(Cl)cc1Cl. The van der Waals surface area contributed by atoms with Crippen molar-refractivity contribution >= 4 is 29.2 Å². The maximum atomic E-state index is 10.4. The number of aliphatic carboxylic acids is 1. The summed E-state index contributed by atoms with van der Waals surface area (Å²) in [6.07, 6.45) is -0.808. The Bertz CT molecular complexity index is 366. The Labute approximate surface area is 97.2 Å². The van der Waals surface area contributed by atoms with Gasteiger partial charge in [-0.2, -0.15) is 0 Å². The highest BCUT2D eigenvalue weighted by atomic mass is 35.5. The molecule has 0 saturated carbocycles. The summed E-state index contributed by atoms with van der Waals surface area (Å²) in [7, 11) is 0. The molecule has 1 aromatic rings. The molecule has 3 nitrogen and oxygen atoms in total. The van der Waals surface area contributed by atoms with Crippen LogP contribution in [0.1, 0.15) is 12.0 Å². The Hall–Kier alpha value is -0.770. The van der Waals surface area contributed by atoms with Crippen molar-refractivity contribution in [2.24, 2.45) is 0 Å². The van der Waals surface area contributed by atoms with Gasteiger partial charge in [0.1, 0.15) is 0 Å². The van der Waals surface area contributed by atoms with Crippen LogP contribution in [0.15, 0.2) is 18.2 Å². The molecule has 0 fully saturated rings. The molecule has 0 aromatic heterocycles. The summed E-state index contributed by atoms with van der Waals surface area (Å²) in [6.45, 7) is 0. The number of halogens is 2. The molecule has 0 radical (unpaired) electrons. The van der Waals surface area contributed by atoms with E-state index >= 15 is 0 Å². The molecule has 1 rings (SSSR count). The van der Waals surface area contributed by atoms with E-state index in [1.807, 2.05) is 0 Å². The van der Waals surface area contributed by atoms with Crippen LogP contribution in [0.2, 0.25) is 10.0 Å². The average molecular weight is 249 g/mol. The Kier molecular flexibility index (Phi) is 4.39. The van der Waals surface area contributed by atoms with Crippen molar-refractivity contribution in [3.05, 3.63) is 33.8 Å². The molecule has 1 atom stereocenters. The number of rotatable bonds is 4. The Morgan fingerprint density at radius 1 is 1.40 bits per heavy atom. The maximum Gasteiger partial charge on any atom is 0.332 e. The van der Waals surface area contributed by atoms with Gasteiger partial charge in [0.05, 0.1) is 0 Å². The second-order valence-corrected chi connectivity index (χ2v) is 3.97. The minimum atomic E-state index is -1.35. The number of carbonyl (C=O) groups is 1. The molecule has 15 heavy (non-hydrogen) atoms. The normalized spacial score (nSPS) is 12.5. The van der Waals surface area contributed by atoms with E-state index in [9.17, 15) is 4.79 Å². The van der Waals surface area contributed by atoms with E-state index in [2.05, 4.69) is 0 Å². The molecule has 0 heterocycles. The monoisotopic (exact) mass is 248 g/mol. The highest BCUT2D eigenvalue weighted by molar-refractivity contribution is 6.35. The van der Waals surface area contributed by atoms with Gasteiger partial charge < -0.3 is 10.2 Å². The third-order valence-corrected chi connectivity index (χ3v) is 2.57. The van der Waals surface area contributed by atoms with Crippen LogP contribution in [-0.4, -0.2) is 22.3 Å². The van der Waals surface area contributed by atoms with Crippen LogP contribution in [-0.2, 0) is 11.2 Å². The fourth-order valence-electron chi connectivity index (χ4n) is 1.14. The molecule has 0 spiro atoms. The lowest BCUT2D eigenvalue weighted by Gasteiger charge is -2.07. The van der Waals surface area contributed by atoms with Gasteiger partial charge in [-0.1, -0.05) is 29.3 Å². The van der Waals surface area contributed by atoms with Crippen molar-refractivity contribution in [3.8, 4) is 0 Å². The molecule has 5 heteroatoms. The zero-order valence-corrected chi connectivity index (χ0v) is 9.29. The first kappa shape index (κ1) is 12.3. The third-order valence-electron chi connectivity index (χ3n) is 1.99. The Morgan fingerprint density at radius 2 is 2.07 bits per heavy atom. The topological polar surface area (TPSA) is 57.5 Å². The van der Waals surface area contributed by atoms with Gasteiger partial charge in [0.25, 0.3) is 0 Å². The molecular formula is C10H10Cl2O3. The first-order valence-corrected chi connectivity index (χ1v) is 5.11. The first-order chi connectivity index (χ1) is 7.00. The number of carboxylic acids is 1. The molecule has 0 aliphatic rings. The van der Waals surface area contributed by atoms with Gasteiger partial charge in [0.15, 0.2) is 6.10 Å². The number of aliphatic hydroxyl groups is 1. The fraction of sp³-hybridized carbons (Fsp3) is 0.300. The van der Waals surface area contributed by atoms with E-state index in [1.165, 1.54) is 0 Å². The molecule has 0 unspecified atom stereocenters. The van der Waals surface area contributed by atoms with Crippen LogP contribution < -0.4 is 0 Å². The lowest BCUT2D eigenvalue weighted by Crippen LogP contribution is -2.19. The van der Waals surface area contributed by atoms with Gasteiger partial charge in [-0.25, -0.2) is 4.79 Å². The molecule has 0 aliphatic heterocycles. The molecule has 0 amide bonds. The van der Waals surface area contributed by atoms with Gasteiger partial charge in [0, 0.05) is 10.0 Å². The predicted octanol–water partition coefficient (Wildman–Crippen LogP) is 2.37. The summed E-state index contributed by atoms with van der Waals surface area (Å²) in [5, 5.41) is 18.6. The van der Waals surface area contributed by atoms with Crippen molar-refractivity contribution in [2.75, 3.05) is 0 Å². The largest absolute Gasteiger partial charge is 0.479 e.